The number of halogens is 3. The van der Waals surface area contributed by atoms with Crippen LogP contribution in [0.5, 0.6) is 0 Å². The van der Waals surface area contributed by atoms with Crippen LogP contribution in [0.25, 0.3) is 0 Å². The van der Waals surface area contributed by atoms with Crippen LogP contribution < -0.4 is 11.1 Å². The molecular weight excluding hydrogens is 302 g/mol. The molecule has 2 rings (SSSR count). The van der Waals surface area contributed by atoms with Crippen molar-refractivity contribution in [3.05, 3.63) is 52.0 Å². The van der Waals surface area contributed by atoms with Crippen LogP contribution in [-0.2, 0) is 0 Å². The van der Waals surface area contributed by atoms with Crippen molar-refractivity contribution in [2.45, 2.75) is 6.92 Å². The van der Waals surface area contributed by atoms with E-state index in [0.29, 0.717) is 11.4 Å². The Morgan fingerprint density at radius 2 is 1.78 bits per heavy atom. The third kappa shape index (κ3) is 2.61. The molecule has 0 heterocycles. The zero-order chi connectivity index (χ0) is 13.3. The van der Waals surface area contributed by atoms with Gasteiger partial charge in [0.1, 0.15) is 11.6 Å². The van der Waals surface area contributed by atoms with Gasteiger partial charge in [-0.15, -0.1) is 0 Å². The smallest absolute Gasteiger partial charge is 0.147 e. The first-order valence-electron chi connectivity index (χ1n) is 5.25. The first kappa shape index (κ1) is 12.8. The van der Waals surface area contributed by atoms with Gasteiger partial charge >= 0.3 is 0 Å². The van der Waals surface area contributed by atoms with E-state index in [0.717, 1.165) is 16.6 Å². The summed E-state index contributed by atoms with van der Waals surface area (Å²) in [5, 5.41) is 2.78. The van der Waals surface area contributed by atoms with E-state index in [2.05, 4.69) is 21.2 Å². The minimum Gasteiger partial charge on any atom is -0.397 e. The van der Waals surface area contributed by atoms with Gasteiger partial charge in [0, 0.05) is 10.5 Å². The quantitative estimate of drug-likeness (QED) is 0.808. The SMILES string of the molecule is Cc1cc(F)c(Nc2cc(Br)ccc2N)cc1F. The zero-order valence-corrected chi connectivity index (χ0v) is 11.2. The molecule has 0 saturated heterocycles. The van der Waals surface area contributed by atoms with E-state index in [4.69, 9.17) is 5.73 Å². The molecule has 2 aromatic rings. The fourth-order valence-electron chi connectivity index (χ4n) is 1.52. The Labute approximate surface area is 112 Å². The summed E-state index contributed by atoms with van der Waals surface area (Å²) in [6, 6.07) is 7.41. The summed E-state index contributed by atoms with van der Waals surface area (Å²) < 4.78 is 27.9. The van der Waals surface area contributed by atoms with Crippen LogP contribution in [0, 0.1) is 18.6 Å². The van der Waals surface area contributed by atoms with Crippen molar-refractivity contribution >= 4 is 33.0 Å². The van der Waals surface area contributed by atoms with E-state index >= 15 is 0 Å². The summed E-state index contributed by atoms with van der Waals surface area (Å²) in [6.07, 6.45) is 0. The highest BCUT2D eigenvalue weighted by molar-refractivity contribution is 9.10. The van der Waals surface area contributed by atoms with Gasteiger partial charge in [-0.25, -0.2) is 8.78 Å². The van der Waals surface area contributed by atoms with E-state index in [1.807, 2.05) is 0 Å². The summed E-state index contributed by atoms with van der Waals surface area (Å²) in [4.78, 5) is 0. The molecule has 0 atom stereocenters. The molecule has 2 aromatic carbocycles. The van der Waals surface area contributed by atoms with Gasteiger partial charge in [-0.05, 0) is 36.8 Å². The fourth-order valence-corrected chi connectivity index (χ4v) is 1.88. The molecule has 5 heteroatoms. The predicted molar refractivity (Wildman–Crippen MR) is 72.9 cm³/mol. The molecule has 0 bridgehead atoms. The van der Waals surface area contributed by atoms with Crippen molar-refractivity contribution in [1.29, 1.82) is 0 Å². The predicted octanol–water partition coefficient (Wildman–Crippen LogP) is 4.36. The van der Waals surface area contributed by atoms with Crippen LogP contribution in [-0.4, -0.2) is 0 Å². The van der Waals surface area contributed by atoms with E-state index in [1.54, 1.807) is 18.2 Å². The van der Waals surface area contributed by atoms with Gasteiger partial charge in [0.05, 0.1) is 17.1 Å². The number of benzene rings is 2. The molecule has 0 radical (unpaired) electrons. The average molecular weight is 313 g/mol. The van der Waals surface area contributed by atoms with Crippen LogP contribution in [0.2, 0.25) is 0 Å². The topological polar surface area (TPSA) is 38.0 Å². The normalized spacial score (nSPS) is 10.4. The van der Waals surface area contributed by atoms with Crippen molar-refractivity contribution in [3.63, 3.8) is 0 Å². The van der Waals surface area contributed by atoms with Gasteiger partial charge in [0.2, 0.25) is 0 Å². The van der Waals surface area contributed by atoms with Crippen LogP contribution in [0.3, 0.4) is 0 Å². The minimum absolute atomic E-state index is 0.0582. The zero-order valence-electron chi connectivity index (χ0n) is 9.60. The van der Waals surface area contributed by atoms with Gasteiger partial charge in [-0.2, -0.15) is 0 Å². The lowest BCUT2D eigenvalue weighted by molar-refractivity contribution is 0.595. The maximum atomic E-state index is 13.7. The lowest BCUT2D eigenvalue weighted by Gasteiger charge is -2.11. The van der Waals surface area contributed by atoms with Gasteiger partial charge in [-0.1, -0.05) is 15.9 Å². The second-order valence-electron chi connectivity index (χ2n) is 3.94. The molecular formula is C13H11BrF2N2. The van der Waals surface area contributed by atoms with Gasteiger partial charge in [0.25, 0.3) is 0 Å². The molecule has 0 aromatic heterocycles. The van der Waals surface area contributed by atoms with E-state index in [9.17, 15) is 8.78 Å². The first-order valence-corrected chi connectivity index (χ1v) is 6.04. The summed E-state index contributed by atoms with van der Waals surface area (Å²) in [7, 11) is 0. The molecule has 2 nitrogen and oxygen atoms in total. The molecule has 0 fully saturated rings. The van der Waals surface area contributed by atoms with Crippen molar-refractivity contribution < 1.29 is 8.78 Å². The van der Waals surface area contributed by atoms with E-state index < -0.39 is 11.6 Å². The Bertz CT molecular complexity index is 600. The van der Waals surface area contributed by atoms with Gasteiger partial charge < -0.3 is 11.1 Å². The second kappa shape index (κ2) is 4.94. The number of nitrogen functional groups attached to an aromatic ring is 1. The molecule has 3 N–H and O–H groups in total. The molecule has 0 saturated carbocycles. The Kier molecular flexibility index (Phi) is 3.52. The summed E-state index contributed by atoms with van der Waals surface area (Å²) in [5.74, 6) is -0.985. The van der Waals surface area contributed by atoms with Gasteiger partial charge in [-0.3, -0.25) is 0 Å². The van der Waals surface area contributed by atoms with E-state index in [1.165, 1.54) is 6.92 Å². The van der Waals surface area contributed by atoms with Crippen LogP contribution >= 0.6 is 15.9 Å². The second-order valence-corrected chi connectivity index (χ2v) is 4.85. The standard InChI is InChI=1S/C13H11BrF2N2/c1-7-4-10(16)12(6-9(7)15)18-13-5-8(14)2-3-11(13)17/h2-6,18H,17H2,1H3. The van der Waals surface area contributed by atoms with E-state index in [-0.39, 0.29) is 11.3 Å². The third-order valence-corrected chi connectivity index (χ3v) is 3.03. The fraction of sp³-hybridized carbons (Fsp3) is 0.0769. The van der Waals surface area contributed by atoms with Crippen LogP contribution in [0.1, 0.15) is 5.56 Å². The first-order chi connectivity index (χ1) is 8.47. The molecule has 0 spiro atoms. The average Bonchev–Trinajstić information content (AvgIpc) is 2.30. The minimum atomic E-state index is -0.520. The molecule has 0 unspecified atom stereocenters. The lowest BCUT2D eigenvalue weighted by atomic mass is 10.2. The van der Waals surface area contributed by atoms with Crippen LogP contribution in [0.15, 0.2) is 34.8 Å². The van der Waals surface area contributed by atoms with Crippen molar-refractivity contribution in [3.8, 4) is 0 Å². The molecule has 0 aliphatic heterocycles. The molecule has 0 aliphatic rings. The Morgan fingerprint density at radius 3 is 2.50 bits per heavy atom. The summed E-state index contributed by atoms with van der Waals surface area (Å²) in [6.45, 7) is 1.51. The Balaban J connectivity index is 2.40. The maximum absolute atomic E-state index is 13.7. The monoisotopic (exact) mass is 312 g/mol. The lowest BCUT2D eigenvalue weighted by Crippen LogP contribution is -1.99. The largest absolute Gasteiger partial charge is 0.397 e. The number of nitrogens with one attached hydrogen (secondary N) is 1. The molecule has 18 heavy (non-hydrogen) atoms. The number of hydrogen-bond acceptors (Lipinski definition) is 2. The summed E-state index contributed by atoms with van der Waals surface area (Å²) in [5.41, 5.74) is 7.06. The Morgan fingerprint density at radius 1 is 1.06 bits per heavy atom. The Hall–Kier alpha value is -1.62. The van der Waals surface area contributed by atoms with Crippen molar-refractivity contribution in [2.75, 3.05) is 11.1 Å². The number of nitrogens with two attached hydrogens (primary N) is 1. The number of rotatable bonds is 2. The summed E-state index contributed by atoms with van der Waals surface area (Å²) >= 11 is 3.29. The number of aryl methyl sites for hydroxylation is 1. The highest BCUT2D eigenvalue weighted by atomic mass is 79.9. The van der Waals surface area contributed by atoms with Crippen molar-refractivity contribution in [2.24, 2.45) is 0 Å². The van der Waals surface area contributed by atoms with Gasteiger partial charge in [0.15, 0.2) is 0 Å². The number of hydrogen-bond donors (Lipinski definition) is 2. The highest BCUT2D eigenvalue weighted by Gasteiger charge is 2.09. The van der Waals surface area contributed by atoms with Crippen molar-refractivity contribution in [1.82, 2.24) is 0 Å². The molecule has 94 valence electrons. The number of anilines is 3. The van der Waals surface area contributed by atoms with Crippen LogP contribution in [0.4, 0.5) is 25.8 Å². The highest BCUT2D eigenvalue weighted by Crippen LogP contribution is 2.29. The molecule has 0 aliphatic carbocycles. The third-order valence-electron chi connectivity index (χ3n) is 2.53. The maximum Gasteiger partial charge on any atom is 0.147 e. The molecule has 0 amide bonds.